The molecule has 0 atom stereocenters. The zero-order valence-corrected chi connectivity index (χ0v) is 11.9. The number of carbonyl (C=O) groups excluding carboxylic acids is 1. The molecule has 0 radical (unpaired) electrons. The smallest absolute Gasteiger partial charge is 0.224 e. The van der Waals surface area contributed by atoms with Crippen molar-refractivity contribution in [2.45, 2.75) is 26.8 Å². The molecule has 20 heavy (non-hydrogen) atoms. The molecule has 0 saturated heterocycles. The minimum absolute atomic E-state index is 0.0399. The molecule has 2 rings (SSSR count). The molecule has 0 bridgehead atoms. The molecular weight excluding hydrogens is 248 g/mol. The Bertz CT molecular complexity index is 579. The summed E-state index contributed by atoms with van der Waals surface area (Å²) >= 11 is 0. The zero-order valence-electron chi connectivity index (χ0n) is 11.9. The quantitative estimate of drug-likeness (QED) is 0.862. The molecule has 104 valence electrons. The van der Waals surface area contributed by atoms with Gasteiger partial charge in [-0.05, 0) is 36.2 Å². The lowest BCUT2D eigenvalue weighted by atomic mass is 10.1. The number of hydrogen-bond acceptors (Lipinski definition) is 2. The van der Waals surface area contributed by atoms with Crippen LogP contribution in [0.5, 0.6) is 0 Å². The van der Waals surface area contributed by atoms with E-state index >= 15 is 0 Å². The number of nitrogens with one attached hydrogen (secondary N) is 2. The fourth-order valence-electron chi connectivity index (χ4n) is 1.95. The number of carbonyl (C=O) groups is 1. The summed E-state index contributed by atoms with van der Waals surface area (Å²) in [7, 11) is 0. The van der Waals surface area contributed by atoms with E-state index in [0.29, 0.717) is 6.42 Å². The third-order valence-corrected chi connectivity index (χ3v) is 3.16. The Kier molecular flexibility index (Phi) is 4.77. The largest absolute Gasteiger partial charge is 0.381 e. The van der Waals surface area contributed by atoms with Crippen molar-refractivity contribution in [2.75, 3.05) is 10.6 Å². The van der Waals surface area contributed by atoms with Gasteiger partial charge in [0, 0.05) is 24.3 Å². The molecule has 3 nitrogen and oxygen atoms in total. The highest BCUT2D eigenvalue weighted by atomic mass is 16.1. The van der Waals surface area contributed by atoms with E-state index in [-0.39, 0.29) is 5.91 Å². The van der Waals surface area contributed by atoms with E-state index in [0.717, 1.165) is 23.5 Å². The summed E-state index contributed by atoms with van der Waals surface area (Å²) in [5.41, 5.74) is 4.24. The summed E-state index contributed by atoms with van der Waals surface area (Å²) in [5, 5.41) is 6.28. The van der Waals surface area contributed by atoms with E-state index in [1.807, 2.05) is 50.2 Å². The first-order valence-electron chi connectivity index (χ1n) is 6.87. The average Bonchev–Trinajstić information content (AvgIpc) is 2.48. The Morgan fingerprint density at radius 2 is 1.85 bits per heavy atom. The maximum absolute atomic E-state index is 11.4. The van der Waals surface area contributed by atoms with E-state index in [2.05, 4.69) is 22.8 Å². The van der Waals surface area contributed by atoms with Gasteiger partial charge >= 0.3 is 0 Å². The van der Waals surface area contributed by atoms with Gasteiger partial charge in [-0.2, -0.15) is 0 Å². The maximum Gasteiger partial charge on any atom is 0.224 e. The Morgan fingerprint density at radius 1 is 1.10 bits per heavy atom. The van der Waals surface area contributed by atoms with Crippen LogP contribution < -0.4 is 10.6 Å². The van der Waals surface area contributed by atoms with E-state index < -0.39 is 0 Å². The monoisotopic (exact) mass is 268 g/mol. The van der Waals surface area contributed by atoms with Gasteiger partial charge in [0.05, 0.1) is 0 Å². The van der Waals surface area contributed by atoms with Crippen LogP contribution in [0.15, 0.2) is 48.5 Å². The molecule has 2 N–H and O–H groups in total. The van der Waals surface area contributed by atoms with Gasteiger partial charge in [0.1, 0.15) is 0 Å². The second-order valence-electron chi connectivity index (χ2n) is 4.77. The minimum atomic E-state index is 0.0399. The molecule has 0 spiro atoms. The number of benzene rings is 2. The molecule has 0 saturated carbocycles. The molecule has 1 amide bonds. The Labute approximate surface area is 120 Å². The van der Waals surface area contributed by atoms with E-state index in [4.69, 9.17) is 0 Å². The first-order chi connectivity index (χ1) is 9.69. The second-order valence-corrected chi connectivity index (χ2v) is 4.77. The van der Waals surface area contributed by atoms with Gasteiger partial charge in [0.25, 0.3) is 0 Å². The third kappa shape index (κ3) is 3.85. The summed E-state index contributed by atoms with van der Waals surface area (Å²) in [5.74, 6) is 0.0399. The molecule has 0 unspecified atom stereocenters. The average molecular weight is 268 g/mol. The molecule has 0 aromatic heterocycles. The van der Waals surface area contributed by atoms with E-state index in [1.54, 1.807) is 0 Å². The van der Waals surface area contributed by atoms with Crippen molar-refractivity contribution in [1.29, 1.82) is 0 Å². The Hall–Kier alpha value is -2.29. The van der Waals surface area contributed by atoms with Gasteiger partial charge in [0.2, 0.25) is 5.91 Å². The first-order valence-corrected chi connectivity index (χ1v) is 6.87. The minimum Gasteiger partial charge on any atom is -0.381 e. The molecular formula is C17H20N2O. The number of hydrogen-bond donors (Lipinski definition) is 2. The van der Waals surface area contributed by atoms with Crippen LogP contribution in [0.3, 0.4) is 0 Å². The molecule has 0 aliphatic heterocycles. The van der Waals surface area contributed by atoms with E-state index in [9.17, 15) is 4.79 Å². The highest BCUT2D eigenvalue weighted by Gasteiger charge is 2.03. The predicted molar refractivity (Wildman–Crippen MR) is 83.9 cm³/mol. The second kappa shape index (κ2) is 6.75. The summed E-state index contributed by atoms with van der Waals surface area (Å²) in [4.78, 5) is 11.4. The van der Waals surface area contributed by atoms with Crippen LogP contribution >= 0.6 is 0 Å². The van der Waals surface area contributed by atoms with Gasteiger partial charge in [0.15, 0.2) is 0 Å². The number of aryl methyl sites for hydroxylation is 1. The molecule has 0 heterocycles. The Balaban J connectivity index is 2.00. The van der Waals surface area contributed by atoms with Crippen LogP contribution in [0.4, 0.5) is 11.4 Å². The summed E-state index contributed by atoms with van der Waals surface area (Å²) < 4.78 is 0. The maximum atomic E-state index is 11.4. The standard InChI is InChI=1S/C17H20N2O/c1-3-17(20)19-16-10-9-15(11-13(16)2)18-12-14-7-5-4-6-8-14/h4-11,18H,3,12H2,1-2H3,(H,19,20). The molecule has 0 fully saturated rings. The number of amides is 1. The van der Waals surface area contributed by atoms with Crippen LogP contribution in [0.1, 0.15) is 24.5 Å². The highest BCUT2D eigenvalue weighted by Crippen LogP contribution is 2.20. The van der Waals surface area contributed by atoms with Crippen LogP contribution in [-0.4, -0.2) is 5.91 Å². The third-order valence-electron chi connectivity index (χ3n) is 3.16. The van der Waals surface area contributed by atoms with Crippen molar-refractivity contribution < 1.29 is 4.79 Å². The van der Waals surface area contributed by atoms with Gasteiger partial charge < -0.3 is 10.6 Å². The van der Waals surface area contributed by atoms with Crippen LogP contribution in [-0.2, 0) is 11.3 Å². The molecule has 2 aromatic rings. The SMILES string of the molecule is CCC(=O)Nc1ccc(NCc2ccccc2)cc1C. The van der Waals surface area contributed by atoms with Gasteiger partial charge in [-0.3, -0.25) is 4.79 Å². The topological polar surface area (TPSA) is 41.1 Å². The van der Waals surface area contributed by atoms with Crippen LogP contribution in [0, 0.1) is 6.92 Å². The van der Waals surface area contributed by atoms with Gasteiger partial charge in [-0.15, -0.1) is 0 Å². The van der Waals surface area contributed by atoms with Crippen molar-refractivity contribution in [3.05, 3.63) is 59.7 Å². The molecule has 3 heteroatoms. The van der Waals surface area contributed by atoms with Crippen LogP contribution in [0.25, 0.3) is 0 Å². The zero-order chi connectivity index (χ0) is 14.4. The van der Waals surface area contributed by atoms with E-state index in [1.165, 1.54) is 5.56 Å². The lowest BCUT2D eigenvalue weighted by molar-refractivity contribution is -0.115. The fraction of sp³-hybridized carbons (Fsp3) is 0.235. The number of rotatable bonds is 5. The lowest BCUT2D eigenvalue weighted by Crippen LogP contribution is -2.10. The lowest BCUT2D eigenvalue weighted by Gasteiger charge is -2.11. The van der Waals surface area contributed by atoms with Crippen molar-refractivity contribution in [2.24, 2.45) is 0 Å². The van der Waals surface area contributed by atoms with Crippen molar-refractivity contribution in [3.8, 4) is 0 Å². The molecule has 2 aromatic carbocycles. The normalized spacial score (nSPS) is 10.1. The summed E-state index contributed by atoms with van der Waals surface area (Å²) in [6.45, 7) is 4.64. The predicted octanol–water partition coefficient (Wildman–Crippen LogP) is 3.96. The van der Waals surface area contributed by atoms with Gasteiger partial charge in [-0.25, -0.2) is 0 Å². The summed E-state index contributed by atoms with van der Waals surface area (Å²) in [6.07, 6.45) is 0.494. The van der Waals surface area contributed by atoms with Crippen molar-refractivity contribution >= 4 is 17.3 Å². The number of anilines is 2. The molecule has 0 aliphatic carbocycles. The van der Waals surface area contributed by atoms with Crippen molar-refractivity contribution in [1.82, 2.24) is 0 Å². The fourth-order valence-corrected chi connectivity index (χ4v) is 1.95. The first kappa shape index (κ1) is 14.1. The Morgan fingerprint density at radius 3 is 2.50 bits per heavy atom. The molecule has 0 aliphatic rings. The summed E-state index contributed by atoms with van der Waals surface area (Å²) in [6, 6.07) is 16.2. The van der Waals surface area contributed by atoms with Crippen LogP contribution in [0.2, 0.25) is 0 Å². The van der Waals surface area contributed by atoms with Crippen molar-refractivity contribution in [3.63, 3.8) is 0 Å². The highest BCUT2D eigenvalue weighted by molar-refractivity contribution is 5.91. The van der Waals surface area contributed by atoms with Gasteiger partial charge in [-0.1, -0.05) is 37.3 Å².